The van der Waals surface area contributed by atoms with Crippen molar-refractivity contribution in [1.82, 2.24) is 25.9 Å². The Morgan fingerprint density at radius 1 is 1.00 bits per heavy atom. The molecule has 0 aliphatic rings. The molecule has 1 aromatic heterocycles. The van der Waals surface area contributed by atoms with Gasteiger partial charge < -0.3 is 37.5 Å². The minimum atomic E-state index is -1.38. The molecule has 1 rings (SSSR count). The van der Waals surface area contributed by atoms with E-state index in [1.54, 1.807) is 0 Å². The average molecular weight is 490 g/mol. The zero-order chi connectivity index (χ0) is 24.3. The molecule has 0 saturated carbocycles. The average Bonchev–Trinajstić information content (AvgIpc) is 3.25. The van der Waals surface area contributed by atoms with Crippen LogP contribution < -0.4 is 27.4 Å². The van der Waals surface area contributed by atoms with E-state index in [0.717, 1.165) is 0 Å². The predicted molar refractivity (Wildman–Crippen MR) is 120 cm³/mol. The molecule has 4 unspecified atom stereocenters. The van der Waals surface area contributed by atoms with E-state index in [-0.39, 0.29) is 30.8 Å². The Hall–Kier alpha value is -2.78. The van der Waals surface area contributed by atoms with Crippen molar-refractivity contribution >= 4 is 54.9 Å². The first kappa shape index (κ1) is 27.3. The van der Waals surface area contributed by atoms with E-state index in [0.29, 0.717) is 5.69 Å². The normalized spacial score (nSPS) is 14.5. The fourth-order valence-corrected chi connectivity index (χ4v) is 3.00. The quantitative estimate of drug-likeness (QED) is 0.122. The number of aromatic amines is 1. The Balaban J connectivity index is 2.68. The van der Waals surface area contributed by atoms with Gasteiger partial charge in [-0.15, -0.1) is 0 Å². The lowest BCUT2D eigenvalue weighted by molar-refractivity contribution is -0.142. The Bertz CT molecular complexity index is 807. The first-order chi connectivity index (χ1) is 15.1. The largest absolute Gasteiger partial charge is 0.480 e. The molecule has 0 aromatic carbocycles. The highest BCUT2D eigenvalue weighted by atomic mass is 32.1. The van der Waals surface area contributed by atoms with Gasteiger partial charge >= 0.3 is 5.97 Å². The van der Waals surface area contributed by atoms with Gasteiger partial charge in [0.05, 0.1) is 12.4 Å². The second kappa shape index (κ2) is 13.6. The van der Waals surface area contributed by atoms with Gasteiger partial charge in [0.1, 0.15) is 18.1 Å². The van der Waals surface area contributed by atoms with Crippen molar-refractivity contribution in [2.24, 2.45) is 11.5 Å². The number of thiol groups is 2. The summed E-state index contributed by atoms with van der Waals surface area (Å²) in [5.74, 6) is -4.51. The van der Waals surface area contributed by atoms with Crippen LogP contribution in [0.25, 0.3) is 0 Å². The van der Waals surface area contributed by atoms with Crippen LogP contribution in [-0.2, 0) is 30.4 Å². The summed E-state index contributed by atoms with van der Waals surface area (Å²) in [5.41, 5.74) is 11.5. The molecule has 0 saturated heterocycles. The van der Waals surface area contributed by atoms with Crippen LogP contribution in [0.5, 0.6) is 0 Å². The number of hydrogen-bond acceptors (Lipinski definition) is 9. The first-order valence-electron chi connectivity index (χ1n) is 9.45. The van der Waals surface area contributed by atoms with E-state index in [1.807, 2.05) is 0 Å². The Labute approximate surface area is 194 Å². The molecule has 13 nitrogen and oxygen atoms in total. The molecule has 0 fully saturated rings. The Morgan fingerprint density at radius 3 is 1.97 bits per heavy atom. The van der Waals surface area contributed by atoms with Crippen molar-refractivity contribution < 1.29 is 29.1 Å². The summed E-state index contributed by atoms with van der Waals surface area (Å²) in [4.78, 5) is 66.0. The number of carboxylic acid groups (broad SMARTS) is 1. The lowest BCUT2D eigenvalue weighted by Gasteiger charge is -2.23. The van der Waals surface area contributed by atoms with E-state index in [1.165, 1.54) is 12.5 Å². The lowest BCUT2D eigenvalue weighted by atomic mass is 10.1. The number of carbonyl (C=O) groups excluding carboxylic acids is 4. The zero-order valence-electron chi connectivity index (χ0n) is 17.0. The molecule has 0 bridgehead atoms. The number of aliphatic carboxylic acids is 1. The van der Waals surface area contributed by atoms with Gasteiger partial charge in [-0.1, -0.05) is 0 Å². The number of carbonyl (C=O) groups is 5. The number of carboxylic acids is 1. The zero-order valence-corrected chi connectivity index (χ0v) is 18.8. The third kappa shape index (κ3) is 9.15. The monoisotopic (exact) mass is 489 g/mol. The van der Waals surface area contributed by atoms with Crippen molar-refractivity contribution in [3.8, 4) is 0 Å². The number of nitrogens with two attached hydrogens (primary N) is 2. The van der Waals surface area contributed by atoms with E-state index in [4.69, 9.17) is 11.5 Å². The van der Waals surface area contributed by atoms with E-state index >= 15 is 0 Å². The number of nitrogens with zero attached hydrogens (tertiary/aromatic N) is 1. The maximum absolute atomic E-state index is 12.5. The lowest BCUT2D eigenvalue weighted by Crippen LogP contribution is -2.58. The number of primary amides is 1. The second-order valence-corrected chi connectivity index (χ2v) is 7.51. The van der Waals surface area contributed by atoms with Gasteiger partial charge in [-0.3, -0.25) is 19.2 Å². The number of aromatic nitrogens is 2. The molecule has 32 heavy (non-hydrogen) atoms. The van der Waals surface area contributed by atoms with Gasteiger partial charge in [0.15, 0.2) is 0 Å². The van der Waals surface area contributed by atoms with Gasteiger partial charge in [0.25, 0.3) is 0 Å². The highest BCUT2D eigenvalue weighted by Crippen LogP contribution is 2.01. The summed E-state index contributed by atoms with van der Waals surface area (Å²) in [6.07, 6.45) is 2.65. The Kier molecular flexibility index (Phi) is 11.6. The maximum atomic E-state index is 12.5. The number of imidazole rings is 1. The topological polar surface area (TPSA) is 222 Å². The molecule has 9 N–H and O–H groups in total. The van der Waals surface area contributed by atoms with Gasteiger partial charge in [-0.05, 0) is 6.42 Å². The van der Waals surface area contributed by atoms with Gasteiger partial charge in [0.2, 0.25) is 23.6 Å². The molecule has 0 radical (unpaired) electrons. The number of nitrogens with one attached hydrogen (secondary N) is 4. The summed E-state index contributed by atoms with van der Waals surface area (Å²) in [6.45, 7) is 0. The molecule has 15 heteroatoms. The van der Waals surface area contributed by atoms with Crippen molar-refractivity contribution in [3.05, 3.63) is 18.2 Å². The van der Waals surface area contributed by atoms with E-state index in [9.17, 15) is 29.1 Å². The van der Waals surface area contributed by atoms with Gasteiger partial charge in [-0.25, -0.2) is 9.78 Å². The molecule has 0 aliphatic heterocycles. The SMILES string of the molecule is NC(=O)CCC(NC(=O)C(CS)NC(=O)C(CS)NC(=O)C(N)Cc1cnc[nH]1)C(=O)O. The fourth-order valence-electron chi connectivity index (χ4n) is 2.48. The van der Waals surface area contributed by atoms with Crippen molar-refractivity contribution in [3.63, 3.8) is 0 Å². The summed E-state index contributed by atoms with van der Waals surface area (Å²) in [6, 6.07) is -4.66. The highest BCUT2D eigenvalue weighted by molar-refractivity contribution is 7.80. The van der Waals surface area contributed by atoms with Crippen LogP contribution in [0.15, 0.2) is 12.5 Å². The fraction of sp³-hybridized carbons (Fsp3) is 0.529. The minimum Gasteiger partial charge on any atom is -0.480 e. The molecule has 1 aromatic rings. The minimum absolute atomic E-state index is 0.0916. The summed E-state index contributed by atoms with van der Waals surface area (Å²) in [5, 5.41) is 16.2. The second-order valence-electron chi connectivity index (χ2n) is 6.78. The number of H-pyrrole nitrogens is 1. The van der Waals surface area contributed by atoms with Gasteiger partial charge in [-0.2, -0.15) is 25.3 Å². The summed E-state index contributed by atoms with van der Waals surface area (Å²) >= 11 is 8.05. The van der Waals surface area contributed by atoms with Gasteiger partial charge in [0, 0.05) is 36.2 Å². The van der Waals surface area contributed by atoms with Crippen LogP contribution in [0.3, 0.4) is 0 Å². The number of amides is 4. The maximum Gasteiger partial charge on any atom is 0.326 e. The molecule has 1 heterocycles. The molecular weight excluding hydrogens is 462 g/mol. The first-order valence-corrected chi connectivity index (χ1v) is 10.7. The van der Waals surface area contributed by atoms with Crippen LogP contribution in [0.4, 0.5) is 0 Å². The van der Waals surface area contributed by atoms with Crippen LogP contribution in [0.2, 0.25) is 0 Å². The molecule has 4 amide bonds. The van der Waals surface area contributed by atoms with Crippen LogP contribution in [0.1, 0.15) is 18.5 Å². The van der Waals surface area contributed by atoms with Crippen LogP contribution >= 0.6 is 25.3 Å². The van der Waals surface area contributed by atoms with Crippen molar-refractivity contribution in [2.45, 2.75) is 43.4 Å². The summed E-state index contributed by atoms with van der Waals surface area (Å²) < 4.78 is 0. The predicted octanol–water partition coefficient (Wildman–Crippen LogP) is -3.06. The van der Waals surface area contributed by atoms with Crippen molar-refractivity contribution in [1.29, 1.82) is 0 Å². The van der Waals surface area contributed by atoms with E-state index < -0.39 is 53.8 Å². The molecule has 4 atom stereocenters. The number of hydrogen-bond donors (Lipinski definition) is 9. The summed E-state index contributed by atoms with van der Waals surface area (Å²) in [7, 11) is 0. The highest BCUT2D eigenvalue weighted by Gasteiger charge is 2.29. The molecule has 178 valence electrons. The van der Waals surface area contributed by atoms with Crippen LogP contribution in [0, 0.1) is 0 Å². The van der Waals surface area contributed by atoms with E-state index in [2.05, 4.69) is 51.2 Å². The smallest absolute Gasteiger partial charge is 0.326 e. The Morgan fingerprint density at radius 2 is 1.53 bits per heavy atom. The molecule has 0 spiro atoms. The molecule has 0 aliphatic carbocycles. The molecular formula is C17H27N7O6S2. The van der Waals surface area contributed by atoms with Crippen LogP contribution in [-0.4, -0.2) is 80.3 Å². The third-order valence-electron chi connectivity index (χ3n) is 4.26. The van der Waals surface area contributed by atoms with Crippen molar-refractivity contribution in [2.75, 3.05) is 11.5 Å². The third-order valence-corrected chi connectivity index (χ3v) is 4.99. The number of rotatable bonds is 14. The standard InChI is InChI=1S/C17H27N7O6S2/c18-9(3-8-4-20-7-21-8)14(26)23-11(5-31)16(28)24-12(6-32)15(27)22-10(17(29)30)1-2-13(19)25/h4,7,9-12,31-32H,1-3,5-6,18H2,(H2,19,25)(H,20,21)(H,22,27)(H,23,26)(H,24,28)(H,29,30).